The van der Waals surface area contributed by atoms with E-state index < -0.39 is 29.3 Å². The van der Waals surface area contributed by atoms with E-state index in [2.05, 4.69) is 10.3 Å². The van der Waals surface area contributed by atoms with Gasteiger partial charge in [0.25, 0.3) is 0 Å². The van der Waals surface area contributed by atoms with Gasteiger partial charge in [-0.15, -0.1) is 0 Å². The zero-order valence-corrected chi connectivity index (χ0v) is 14.4. The first-order chi connectivity index (χ1) is 9.89. The molecule has 6 nitrogen and oxygen atoms in total. The Bertz CT molecular complexity index is 535. The van der Waals surface area contributed by atoms with Crippen molar-refractivity contribution in [1.82, 2.24) is 10.3 Å². The standard InChI is InChI=1S/C16H26N2O4/c1-10(18-14(20)22-16(5,6)7)12-11(8-9-17-12)13(19)21-15(2,3)4/h8-10,17H,1-7H3,(H,18,20). The highest BCUT2D eigenvalue weighted by atomic mass is 16.6. The molecule has 1 aromatic heterocycles. The van der Waals surface area contributed by atoms with Crippen molar-refractivity contribution in [3.05, 3.63) is 23.5 Å². The number of amides is 1. The van der Waals surface area contributed by atoms with Gasteiger partial charge >= 0.3 is 12.1 Å². The van der Waals surface area contributed by atoms with Gasteiger partial charge in [0.05, 0.1) is 17.3 Å². The Kier molecular flexibility index (Phi) is 5.27. The first kappa shape index (κ1) is 18.1. The van der Waals surface area contributed by atoms with E-state index >= 15 is 0 Å². The van der Waals surface area contributed by atoms with Crippen LogP contribution < -0.4 is 5.32 Å². The summed E-state index contributed by atoms with van der Waals surface area (Å²) in [6, 6.07) is 1.23. The van der Waals surface area contributed by atoms with Crippen LogP contribution >= 0.6 is 0 Å². The molecule has 22 heavy (non-hydrogen) atoms. The van der Waals surface area contributed by atoms with Crippen molar-refractivity contribution in [3.8, 4) is 0 Å². The Morgan fingerprint density at radius 3 is 2.14 bits per heavy atom. The van der Waals surface area contributed by atoms with Crippen molar-refractivity contribution in [2.45, 2.75) is 65.7 Å². The largest absolute Gasteiger partial charge is 0.456 e. The molecule has 2 N–H and O–H groups in total. The highest BCUT2D eigenvalue weighted by Gasteiger charge is 2.25. The fourth-order valence-electron chi connectivity index (χ4n) is 1.81. The molecule has 0 aromatic carbocycles. The van der Waals surface area contributed by atoms with E-state index in [1.165, 1.54) is 0 Å². The molecule has 0 fully saturated rings. The van der Waals surface area contributed by atoms with Gasteiger partial charge in [-0.05, 0) is 54.5 Å². The second kappa shape index (κ2) is 6.42. The fourth-order valence-corrected chi connectivity index (χ4v) is 1.81. The summed E-state index contributed by atoms with van der Waals surface area (Å²) in [4.78, 5) is 27.0. The number of alkyl carbamates (subject to hydrolysis) is 1. The van der Waals surface area contributed by atoms with E-state index in [4.69, 9.17) is 9.47 Å². The number of carbonyl (C=O) groups is 2. The normalized spacial score (nSPS) is 13.4. The Balaban J connectivity index is 2.80. The first-order valence-corrected chi connectivity index (χ1v) is 7.29. The molecule has 0 bridgehead atoms. The van der Waals surface area contributed by atoms with Crippen molar-refractivity contribution in [2.24, 2.45) is 0 Å². The third kappa shape index (κ3) is 5.79. The number of ether oxygens (including phenoxy) is 2. The number of hydrogen-bond donors (Lipinski definition) is 2. The minimum Gasteiger partial charge on any atom is -0.456 e. The van der Waals surface area contributed by atoms with Gasteiger partial charge in [-0.2, -0.15) is 0 Å². The summed E-state index contributed by atoms with van der Waals surface area (Å²) < 4.78 is 10.6. The molecule has 0 aliphatic heterocycles. The van der Waals surface area contributed by atoms with Gasteiger partial charge in [-0.1, -0.05) is 0 Å². The van der Waals surface area contributed by atoms with E-state index in [9.17, 15) is 9.59 Å². The second-order valence-electron chi connectivity index (χ2n) is 7.17. The molecule has 1 aromatic rings. The summed E-state index contributed by atoms with van der Waals surface area (Å²) in [5.74, 6) is -0.429. The van der Waals surface area contributed by atoms with E-state index in [-0.39, 0.29) is 0 Å². The molecule has 0 aliphatic rings. The quantitative estimate of drug-likeness (QED) is 0.837. The summed E-state index contributed by atoms with van der Waals surface area (Å²) in [6.07, 6.45) is 1.10. The van der Waals surface area contributed by atoms with Crippen LogP contribution in [0.2, 0.25) is 0 Å². The van der Waals surface area contributed by atoms with Gasteiger partial charge in [0.1, 0.15) is 11.2 Å². The van der Waals surface area contributed by atoms with Crippen LogP contribution in [0.1, 0.15) is 70.6 Å². The Morgan fingerprint density at radius 1 is 1.09 bits per heavy atom. The fraction of sp³-hybridized carbons (Fsp3) is 0.625. The Morgan fingerprint density at radius 2 is 1.64 bits per heavy atom. The summed E-state index contributed by atoms with van der Waals surface area (Å²) in [5, 5.41) is 2.70. The second-order valence-corrected chi connectivity index (χ2v) is 7.17. The molecule has 1 heterocycles. The van der Waals surface area contributed by atoms with Crippen molar-refractivity contribution >= 4 is 12.1 Å². The summed E-state index contributed by atoms with van der Waals surface area (Å²) >= 11 is 0. The Labute approximate surface area is 131 Å². The molecule has 1 atom stereocenters. The molecule has 124 valence electrons. The van der Waals surface area contributed by atoms with Gasteiger partial charge in [-0.3, -0.25) is 0 Å². The highest BCUT2D eigenvalue weighted by Crippen LogP contribution is 2.20. The lowest BCUT2D eigenvalue weighted by Crippen LogP contribution is -2.34. The molecule has 6 heteroatoms. The number of esters is 1. The smallest absolute Gasteiger partial charge is 0.408 e. The highest BCUT2D eigenvalue weighted by molar-refractivity contribution is 5.91. The van der Waals surface area contributed by atoms with Crippen LogP contribution in [0.15, 0.2) is 12.3 Å². The van der Waals surface area contributed by atoms with Gasteiger partial charge in [0, 0.05) is 6.20 Å². The van der Waals surface area contributed by atoms with Gasteiger partial charge in [0.2, 0.25) is 0 Å². The van der Waals surface area contributed by atoms with Crippen LogP contribution in [0.4, 0.5) is 4.79 Å². The number of rotatable bonds is 3. The number of hydrogen-bond acceptors (Lipinski definition) is 4. The average molecular weight is 310 g/mol. The molecule has 0 spiro atoms. The topological polar surface area (TPSA) is 80.4 Å². The molecule has 0 saturated carbocycles. The average Bonchev–Trinajstić information content (AvgIpc) is 2.71. The maximum Gasteiger partial charge on any atom is 0.408 e. The lowest BCUT2D eigenvalue weighted by molar-refractivity contribution is 0.00665. The van der Waals surface area contributed by atoms with E-state index in [1.807, 2.05) is 0 Å². The zero-order valence-electron chi connectivity index (χ0n) is 14.4. The third-order valence-corrected chi connectivity index (χ3v) is 2.56. The first-order valence-electron chi connectivity index (χ1n) is 7.29. The number of aromatic amines is 1. The van der Waals surface area contributed by atoms with Gasteiger partial charge in [0.15, 0.2) is 0 Å². The number of nitrogens with one attached hydrogen (secondary N) is 2. The van der Waals surface area contributed by atoms with Crippen LogP contribution in [0.25, 0.3) is 0 Å². The minimum absolute atomic E-state index is 0.401. The Hall–Kier alpha value is -1.98. The van der Waals surface area contributed by atoms with E-state index in [0.717, 1.165) is 0 Å². The number of aromatic nitrogens is 1. The van der Waals surface area contributed by atoms with Crippen molar-refractivity contribution in [1.29, 1.82) is 0 Å². The van der Waals surface area contributed by atoms with Crippen molar-refractivity contribution in [3.63, 3.8) is 0 Å². The lowest BCUT2D eigenvalue weighted by atomic mass is 10.1. The summed E-state index contributed by atoms with van der Waals surface area (Å²) in [6.45, 7) is 12.6. The maximum atomic E-state index is 12.2. The summed E-state index contributed by atoms with van der Waals surface area (Å²) in [5.41, 5.74) is -0.167. The molecular weight excluding hydrogens is 284 g/mol. The van der Waals surface area contributed by atoms with Crippen molar-refractivity contribution < 1.29 is 19.1 Å². The van der Waals surface area contributed by atoms with Crippen LogP contribution in [0.3, 0.4) is 0 Å². The van der Waals surface area contributed by atoms with Gasteiger partial charge in [-0.25, -0.2) is 9.59 Å². The predicted octanol–water partition coefficient (Wildman–Crippen LogP) is 3.56. The molecule has 1 unspecified atom stereocenters. The maximum absolute atomic E-state index is 12.2. The van der Waals surface area contributed by atoms with Crippen LogP contribution in [-0.2, 0) is 9.47 Å². The molecule has 1 rings (SSSR count). The predicted molar refractivity (Wildman–Crippen MR) is 83.7 cm³/mol. The minimum atomic E-state index is -0.576. The van der Waals surface area contributed by atoms with Crippen molar-refractivity contribution in [2.75, 3.05) is 0 Å². The molecule has 1 amide bonds. The zero-order chi connectivity index (χ0) is 17.1. The van der Waals surface area contributed by atoms with E-state index in [0.29, 0.717) is 11.3 Å². The molecule has 0 aliphatic carbocycles. The molecule has 0 radical (unpaired) electrons. The SMILES string of the molecule is CC(NC(=O)OC(C)(C)C)c1[nH]ccc1C(=O)OC(C)(C)C. The van der Waals surface area contributed by atoms with E-state index in [1.54, 1.807) is 60.7 Å². The lowest BCUT2D eigenvalue weighted by Gasteiger charge is -2.23. The summed E-state index contributed by atoms with van der Waals surface area (Å²) in [7, 11) is 0. The van der Waals surface area contributed by atoms with Crippen LogP contribution in [-0.4, -0.2) is 28.2 Å². The van der Waals surface area contributed by atoms with Crippen LogP contribution in [0, 0.1) is 0 Å². The van der Waals surface area contributed by atoms with Crippen LogP contribution in [0.5, 0.6) is 0 Å². The number of carbonyl (C=O) groups excluding carboxylic acids is 2. The third-order valence-electron chi connectivity index (χ3n) is 2.56. The monoisotopic (exact) mass is 310 g/mol. The van der Waals surface area contributed by atoms with Gasteiger partial charge < -0.3 is 19.8 Å². The number of H-pyrrole nitrogens is 1. The molecular formula is C16H26N2O4. The molecule has 0 saturated heterocycles.